The van der Waals surface area contributed by atoms with Crippen LogP contribution >= 0.6 is 0 Å². The maximum absolute atomic E-state index is 12.1. The minimum absolute atomic E-state index is 0.807. The van der Waals surface area contributed by atoms with Gasteiger partial charge < -0.3 is 0 Å². The molecule has 0 N–H and O–H groups in total. The van der Waals surface area contributed by atoms with E-state index in [2.05, 4.69) is 6.41 Å². The molecule has 0 fully saturated rings. The van der Waals surface area contributed by atoms with Gasteiger partial charge in [-0.3, -0.25) is 9.69 Å². The highest BCUT2D eigenvalue weighted by Gasteiger charge is 2.18. The van der Waals surface area contributed by atoms with Crippen molar-refractivity contribution >= 4 is 17.8 Å². The molecule has 1 radical (unpaired) electrons. The summed E-state index contributed by atoms with van der Waals surface area (Å²) in [6.45, 7) is 0. The summed E-state index contributed by atoms with van der Waals surface area (Å²) in [5.74, 6) is 0. The monoisotopic (exact) mass is 348 g/mol. The highest BCUT2D eigenvalue weighted by molar-refractivity contribution is 5.98. The predicted molar refractivity (Wildman–Crippen MR) is 112 cm³/mol. The molecule has 4 aromatic rings. The fourth-order valence-corrected chi connectivity index (χ4v) is 3.29. The first-order valence-electron chi connectivity index (χ1n) is 8.85. The van der Waals surface area contributed by atoms with Crippen LogP contribution in [0, 0.1) is 0 Å². The molecule has 1 amide bonds. The summed E-state index contributed by atoms with van der Waals surface area (Å²) in [5, 5.41) is 0. The average molecular weight is 348 g/mol. The van der Waals surface area contributed by atoms with Gasteiger partial charge in [-0.1, -0.05) is 97.1 Å². The Kier molecular flexibility index (Phi) is 4.80. The van der Waals surface area contributed by atoms with Gasteiger partial charge in [-0.2, -0.15) is 0 Å². The van der Waals surface area contributed by atoms with Crippen molar-refractivity contribution in [3.8, 4) is 22.3 Å². The Balaban J connectivity index is 1.88. The number of anilines is 2. The van der Waals surface area contributed by atoms with Crippen LogP contribution < -0.4 is 4.90 Å². The quantitative estimate of drug-likeness (QED) is 0.392. The molecule has 4 aromatic carbocycles. The second-order valence-electron chi connectivity index (χ2n) is 6.19. The summed E-state index contributed by atoms with van der Waals surface area (Å²) in [4.78, 5) is 13.7. The Morgan fingerprint density at radius 3 is 1.26 bits per heavy atom. The van der Waals surface area contributed by atoms with Crippen molar-refractivity contribution in [2.45, 2.75) is 0 Å². The van der Waals surface area contributed by atoms with Gasteiger partial charge in [0, 0.05) is 11.1 Å². The number of hydrogen-bond acceptors (Lipinski definition) is 1. The average Bonchev–Trinajstić information content (AvgIpc) is 2.76. The molecular formula is C25H18NO. The summed E-state index contributed by atoms with van der Waals surface area (Å²) in [6, 6.07) is 36.0. The van der Waals surface area contributed by atoms with E-state index < -0.39 is 0 Å². The van der Waals surface area contributed by atoms with Gasteiger partial charge in [0.25, 0.3) is 0 Å². The van der Waals surface area contributed by atoms with Crippen LogP contribution in [0.3, 0.4) is 0 Å². The maximum Gasteiger partial charge on any atom is 0.321 e. The molecule has 129 valence electrons. The highest BCUT2D eigenvalue weighted by atomic mass is 16.1. The summed E-state index contributed by atoms with van der Waals surface area (Å²) >= 11 is 0. The standard InChI is InChI=1S/C25H18NO/c27-19-26(24-17-9-7-15-22(24)20-11-3-1-4-12-20)25-18-10-8-16-23(25)21-13-5-2-6-14-21/h1-18H. The zero-order valence-corrected chi connectivity index (χ0v) is 14.7. The molecule has 0 aliphatic heterocycles. The first-order chi connectivity index (χ1) is 13.4. The Morgan fingerprint density at radius 1 is 0.481 bits per heavy atom. The number of nitrogens with zero attached hydrogens (tertiary/aromatic N) is 1. The van der Waals surface area contributed by atoms with Gasteiger partial charge in [-0.15, -0.1) is 0 Å². The van der Waals surface area contributed by atoms with Crippen molar-refractivity contribution in [3.63, 3.8) is 0 Å². The van der Waals surface area contributed by atoms with E-state index in [0.717, 1.165) is 33.6 Å². The number of benzene rings is 4. The van der Waals surface area contributed by atoms with Crippen LogP contribution in [0.25, 0.3) is 22.3 Å². The third-order valence-corrected chi connectivity index (χ3v) is 4.55. The van der Waals surface area contributed by atoms with Crippen LogP contribution in [0.1, 0.15) is 0 Å². The fourth-order valence-electron chi connectivity index (χ4n) is 3.29. The summed E-state index contributed by atoms with van der Waals surface area (Å²) in [6.07, 6.45) is 2.14. The van der Waals surface area contributed by atoms with E-state index in [9.17, 15) is 4.79 Å². The second-order valence-corrected chi connectivity index (χ2v) is 6.19. The summed E-state index contributed by atoms with van der Waals surface area (Å²) < 4.78 is 0. The SMILES string of the molecule is O=[C]N(c1ccccc1-c1ccccc1)c1ccccc1-c1ccccc1. The second kappa shape index (κ2) is 7.71. The van der Waals surface area contributed by atoms with Crippen molar-refractivity contribution in [2.24, 2.45) is 0 Å². The number of amides is 1. The lowest BCUT2D eigenvalue weighted by molar-refractivity contribution is 0.556. The van der Waals surface area contributed by atoms with Crippen molar-refractivity contribution in [3.05, 3.63) is 109 Å². The van der Waals surface area contributed by atoms with Crippen LogP contribution in [0.2, 0.25) is 0 Å². The van der Waals surface area contributed by atoms with Crippen molar-refractivity contribution in [1.82, 2.24) is 0 Å². The molecule has 27 heavy (non-hydrogen) atoms. The van der Waals surface area contributed by atoms with Gasteiger partial charge in [0.2, 0.25) is 0 Å². The molecule has 0 atom stereocenters. The van der Waals surface area contributed by atoms with Gasteiger partial charge in [0.15, 0.2) is 0 Å². The van der Waals surface area contributed by atoms with E-state index in [1.807, 2.05) is 109 Å². The maximum atomic E-state index is 12.1. The van der Waals surface area contributed by atoms with Crippen LogP contribution in [0.15, 0.2) is 109 Å². The molecule has 0 saturated heterocycles. The molecule has 0 bridgehead atoms. The van der Waals surface area contributed by atoms with E-state index in [-0.39, 0.29) is 0 Å². The Hall–Kier alpha value is -3.65. The zero-order valence-electron chi connectivity index (χ0n) is 14.7. The zero-order chi connectivity index (χ0) is 18.5. The first-order valence-corrected chi connectivity index (χ1v) is 8.85. The molecular weight excluding hydrogens is 330 g/mol. The molecule has 0 unspecified atom stereocenters. The first kappa shape index (κ1) is 16.8. The Labute approximate surface area is 159 Å². The minimum Gasteiger partial charge on any atom is -0.272 e. The molecule has 4 rings (SSSR count). The topological polar surface area (TPSA) is 20.3 Å². The minimum atomic E-state index is 0.807. The van der Waals surface area contributed by atoms with E-state index in [1.54, 1.807) is 4.90 Å². The Bertz CT molecular complexity index is 959. The summed E-state index contributed by atoms with van der Waals surface area (Å²) in [7, 11) is 0. The third-order valence-electron chi connectivity index (χ3n) is 4.55. The van der Waals surface area contributed by atoms with E-state index in [4.69, 9.17) is 0 Å². The highest BCUT2D eigenvalue weighted by Crippen LogP contribution is 2.38. The molecule has 0 aromatic heterocycles. The fraction of sp³-hybridized carbons (Fsp3) is 0. The molecule has 0 aliphatic carbocycles. The van der Waals surface area contributed by atoms with Crippen LogP contribution in [-0.2, 0) is 4.79 Å². The van der Waals surface area contributed by atoms with Gasteiger partial charge in [-0.25, -0.2) is 0 Å². The lowest BCUT2D eigenvalue weighted by atomic mass is 10.00. The molecule has 0 saturated carbocycles. The van der Waals surface area contributed by atoms with E-state index in [0.29, 0.717) is 0 Å². The molecule has 0 spiro atoms. The summed E-state index contributed by atoms with van der Waals surface area (Å²) in [5.41, 5.74) is 5.72. The largest absolute Gasteiger partial charge is 0.321 e. The van der Waals surface area contributed by atoms with Gasteiger partial charge in [0.1, 0.15) is 0 Å². The third kappa shape index (κ3) is 3.38. The normalized spacial score (nSPS) is 10.4. The van der Waals surface area contributed by atoms with Gasteiger partial charge >= 0.3 is 6.41 Å². The van der Waals surface area contributed by atoms with Crippen LogP contribution in [-0.4, -0.2) is 6.41 Å². The van der Waals surface area contributed by atoms with Crippen molar-refractivity contribution < 1.29 is 4.79 Å². The van der Waals surface area contributed by atoms with Crippen molar-refractivity contribution in [1.29, 1.82) is 0 Å². The predicted octanol–water partition coefficient (Wildman–Crippen LogP) is 6.23. The number of para-hydroxylation sites is 2. The number of rotatable bonds is 5. The van der Waals surface area contributed by atoms with E-state index >= 15 is 0 Å². The molecule has 0 aliphatic rings. The molecule has 2 heteroatoms. The Morgan fingerprint density at radius 2 is 0.852 bits per heavy atom. The van der Waals surface area contributed by atoms with Crippen molar-refractivity contribution in [2.75, 3.05) is 4.90 Å². The van der Waals surface area contributed by atoms with E-state index in [1.165, 1.54) is 0 Å². The number of carbonyl (C=O) groups excluding carboxylic acids is 1. The van der Waals surface area contributed by atoms with Gasteiger partial charge in [-0.05, 0) is 23.3 Å². The van der Waals surface area contributed by atoms with Crippen LogP contribution in [0.4, 0.5) is 11.4 Å². The number of hydrogen-bond donors (Lipinski definition) is 0. The smallest absolute Gasteiger partial charge is 0.272 e. The van der Waals surface area contributed by atoms with Crippen LogP contribution in [0.5, 0.6) is 0 Å². The van der Waals surface area contributed by atoms with Gasteiger partial charge in [0.05, 0.1) is 11.4 Å². The lowest BCUT2D eigenvalue weighted by Crippen LogP contribution is -2.16. The lowest BCUT2D eigenvalue weighted by Gasteiger charge is -2.23. The molecule has 0 heterocycles. The molecule has 2 nitrogen and oxygen atoms in total.